The summed E-state index contributed by atoms with van der Waals surface area (Å²) in [5.41, 5.74) is 0.0252. The molecule has 0 aromatic heterocycles. The van der Waals surface area contributed by atoms with Gasteiger partial charge in [-0.3, -0.25) is 4.79 Å². The number of hydrogen-bond acceptors (Lipinski definition) is 2. The number of carbonyl (C=O) groups excluding carboxylic acids is 1. The third kappa shape index (κ3) is 4.14. The van der Waals surface area contributed by atoms with Crippen LogP contribution in [0.25, 0.3) is 0 Å². The molecular formula is C13H17ClF2N2O. The van der Waals surface area contributed by atoms with E-state index in [2.05, 4.69) is 10.6 Å². The number of carbonyl (C=O) groups is 1. The number of halogens is 3. The molecule has 0 bridgehead atoms. The van der Waals surface area contributed by atoms with Gasteiger partial charge in [0, 0.05) is 12.1 Å². The van der Waals surface area contributed by atoms with Crippen LogP contribution in [0.1, 0.15) is 18.4 Å². The highest BCUT2D eigenvalue weighted by Crippen LogP contribution is 2.12. The van der Waals surface area contributed by atoms with Gasteiger partial charge < -0.3 is 10.6 Å². The van der Waals surface area contributed by atoms with Crippen LogP contribution in [0.5, 0.6) is 0 Å². The molecule has 106 valence electrons. The Morgan fingerprint density at radius 1 is 1.37 bits per heavy atom. The Morgan fingerprint density at radius 2 is 2.05 bits per heavy atom. The second-order valence-corrected chi connectivity index (χ2v) is 4.39. The van der Waals surface area contributed by atoms with Crippen LogP contribution in [0.3, 0.4) is 0 Å². The lowest BCUT2D eigenvalue weighted by Crippen LogP contribution is -2.41. The summed E-state index contributed by atoms with van der Waals surface area (Å²) < 4.78 is 26.6. The van der Waals surface area contributed by atoms with Gasteiger partial charge in [-0.2, -0.15) is 0 Å². The van der Waals surface area contributed by atoms with Crippen LogP contribution in [-0.4, -0.2) is 25.0 Å². The van der Waals surface area contributed by atoms with Crippen molar-refractivity contribution in [3.63, 3.8) is 0 Å². The number of rotatable bonds is 4. The Hall–Kier alpha value is -1.20. The van der Waals surface area contributed by atoms with Crippen molar-refractivity contribution in [2.45, 2.75) is 25.3 Å². The maximum absolute atomic E-state index is 13.3. The number of nitrogens with one attached hydrogen (secondary N) is 2. The first-order chi connectivity index (χ1) is 8.68. The van der Waals surface area contributed by atoms with Gasteiger partial charge in [0.2, 0.25) is 5.91 Å². The molecule has 2 N–H and O–H groups in total. The summed E-state index contributed by atoms with van der Waals surface area (Å²) in [6.45, 7) is 1.09. The smallest absolute Gasteiger partial charge is 0.237 e. The Morgan fingerprint density at radius 3 is 2.63 bits per heavy atom. The third-order valence-electron chi connectivity index (χ3n) is 3.11. The highest BCUT2D eigenvalue weighted by molar-refractivity contribution is 5.85. The van der Waals surface area contributed by atoms with Gasteiger partial charge in [-0.25, -0.2) is 8.78 Å². The van der Waals surface area contributed by atoms with Crippen LogP contribution < -0.4 is 10.6 Å². The minimum absolute atomic E-state index is 0. The van der Waals surface area contributed by atoms with Crippen molar-refractivity contribution >= 4 is 18.3 Å². The zero-order valence-corrected chi connectivity index (χ0v) is 11.2. The van der Waals surface area contributed by atoms with Crippen LogP contribution in [0.15, 0.2) is 18.2 Å². The summed E-state index contributed by atoms with van der Waals surface area (Å²) in [6.07, 6.45) is 1.97. The van der Waals surface area contributed by atoms with Gasteiger partial charge in [0.15, 0.2) is 0 Å². The number of hydrogen-bond donors (Lipinski definition) is 2. The maximum atomic E-state index is 13.3. The maximum Gasteiger partial charge on any atom is 0.237 e. The first kappa shape index (κ1) is 15.9. The predicted octanol–water partition coefficient (Wildman–Crippen LogP) is 1.80. The van der Waals surface area contributed by atoms with Gasteiger partial charge in [-0.05, 0) is 37.9 Å². The molecule has 1 heterocycles. The Bertz CT molecular complexity index is 416. The second-order valence-electron chi connectivity index (χ2n) is 4.39. The summed E-state index contributed by atoms with van der Waals surface area (Å²) in [7, 11) is 0. The molecule has 0 saturated carbocycles. The van der Waals surface area contributed by atoms with E-state index in [0.717, 1.165) is 19.4 Å². The fourth-order valence-corrected chi connectivity index (χ4v) is 2.11. The fraction of sp³-hybridized carbons (Fsp3) is 0.462. The van der Waals surface area contributed by atoms with Crippen LogP contribution in [-0.2, 0) is 11.2 Å². The highest BCUT2D eigenvalue weighted by atomic mass is 35.5. The van der Waals surface area contributed by atoms with E-state index in [1.165, 1.54) is 18.2 Å². The van der Waals surface area contributed by atoms with Crippen molar-refractivity contribution in [2.24, 2.45) is 0 Å². The molecule has 1 aromatic carbocycles. The number of amides is 1. The van der Waals surface area contributed by atoms with E-state index in [4.69, 9.17) is 0 Å². The standard InChI is InChI=1S/C13H16F2N2O.ClH/c14-10-3-1-4-11(15)9(10)6-8-17-13(18)12-5-2-7-16-12;/h1,3-4,12,16H,2,5-8H2,(H,17,18);1H. The van der Waals surface area contributed by atoms with Gasteiger partial charge in [0.25, 0.3) is 0 Å². The number of benzene rings is 1. The summed E-state index contributed by atoms with van der Waals surface area (Å²) in [5, 5.41) is 5.76. The zero-order valence-electron chi connectivity index (χ0n) is 10.4. The van der Waals surface area contributed by atoms with Gasteiger partial charge in [0.1, 0.15) is 11.6 Å². The minimum atomic E-state index is -0.566. The SMILES string of the molecule is Cl.O=C(NCCc1c(F)cccc1F)C1CCCN1. The van der Waals surface area contributed by atoms with Crippen molar-refractivity contribution in [1.29, 1.82) is 0 Å². The van der Waals surface area contributed by atoms with Crippen LogP contribution >= 0.6 is 12.4 Å². The van der Waals surface area contributed by atoms with E-state index in [0.29, 0.717) is 0 Å². The topological polar surface area (TPSA) is 41.1 Å². The molecule has 1 fully saturated rings. The molecule has 1 amide bonds. The molecule has 0 aliphatic carbocycles. The molecule has 1 atom stereocenters. The largest absolute Gasteiger partial charge is 0.354 e. The van der Waals surface area contributed by atoms with E-state index < -0.39 is 11.6 Å². The van der Waals surface area contributed by atoms with E-state index in [-0.39, 0.29) is 42.9 Å². The van der Waals surface area contributed by atoms with Crippen LogP contribution in [0.4, 0.5) is 8.78 Å². The monoisotopic (exact) mass is 290 g/mol. The third-order valence-corrected chi connectivity index (χ3v) is 3.11. The lowest BCUT2D eigenvalue weighted by Gasteiger charge is -2.11. The molecule has 19 heavy (non-hydrogen) atoms. The molecule has 1 aromatic rings. The first-order valence-electron chi connectivity index (χ1n) is 6.12. The average Bonchev–Trinajstić information content (AvgIpc) is 2.86. The highest BCUT2D eigenvalue weighted by Gasteiger charge is 2.21. The van der Waals surface area contributed by atoms with Crippen LogP contribution in [0.2, 0.25) is 0 Å². The average molecular weight is 291 g/mol. The molecule has 1 unspecified atom stereocenters. The lowest BCUT2D eigenvalue weighted by molar-refractivity contribution is -0.122. The Labute approximate surface area is 117 Å². The summed E-state index contributed by atoms with van der Waals surface area (Å²) >= 11 is 0. The molecular weight excluding hydrogens is 274 g/mol. The fourth-order valence-electron chi connectivity index (χ4n) is 2.11. The first-order valence-corrected chi connectivity index (χ1v) is 6.12. The summed E-state index contributed by atoms with van der Waals surface area (Å²) in [6, 6.07) is 3.61. The molecule has 1 aliphatic heterocycles. The quantitative estimate of drug-likeness (QED) is 0.888. The van der Waals surface area contributed by atoms with Gasteiger partial charge in [-0.15, -0.1) is 12.4 Å². The Kier molecular flexibility index (Phi) is 6.18. The van der Waals surface area contributed by atoms with Crippen molar-refractivity contribution < 1.29 is 13.6 Å². The van der Waals surface area contributed by atoms with Gasteiger partial charge in [-0.1, -0.05) is 6.07 Å². The van der Waals surface area contributed by atoms with Crippen molar-refractivity contribution in [3.8, 4) is 0 Å². The van der Waals surface area contributed by atoms with Crippen molar-refractivity contribution in [2.75, 3.05) is 13.1 Å². The second kappa shape index (κ2) is 7.40. The molecule has 6 heteroatoms. The summed E-state index contributed by atoms with van der Waals surface area (Å²) in [5.74, 6) is -1.23. The van der Waals surface area contributed by atoms with E-state index in [1.807, 2.05) is 0 Å². The molecule has 1 saturated heterocycles. The normalized spacial score (nSPS) is 17.9. The van der Waals surface area contributed by atoms with E-state index in [1.54, 1.807) is 0 Å². The summed E-state index contributed by atoms with van der Waals surface area (Å²) in [4.78, 5) is 11.6. The van der Waals surface area contributed by atoms with Crippen LogP contribution in [0, 0.1) is 11.6 Å². The van der Waals surface area contributed by atoms with Gasteiger partial charge >= 0.3 is 0 Å². The molecule has 1 aliphatic rings. The predicted molar refractivity (Wildman–Crippen MR) is 71.3 cm³/mol. The van der Waals surface area contributed by atoms with Crippen molar-refractivity contribution in [3.05, 3.63) is 35.4 Å². The Balaban J connectivity index is 0.00000180. The molecule has 2 rings (SSSR count). The lowest BCUT2D eigenvalue weighted by atomic mass is 10.1. The molecule has 3 nitrogen and oxygen atoms in total. The zero-order chi connectivity index (χ0) is 13.0. The van der Waals surface area contributed by atoms with Gasteiger partial charge in [0.05, 0.1) is 6.04 Å². The minimum Gasteiger partial charge on any atom is -0.354 e. The molecule has 0 radical (unpaired) electrons. The van der Waals surface area contributed by atoms with E-state index in [9.17, 15) is 13.6 Å². The van der Waals surface area contributed by atoms with E-state index >= 15 is 0 Å². The van der Waals surface area contributed by atoms with Crippen molar-refractivity contribution in [1.82, 2.24) is 10.6 Å². The molecule has 0 spiro atoms.